The average Bonchev–Trinajstić information content (AvgIpc) is 2.91. The van der Waals surface area contributed by atoms with Crippen LogP contribution < -0.4 is 11.1 Å². The van der Waals surface area contributed by atoms with Crippen LogP contribution in [0.5, 0.6) is 0 Å². The van der Waals surface area contributed by atoms with E-state index in [4.69, 9.17) is 5.73 Å². The Hall–Kier alpha value is -0.990. The minimum absolute atomic E-state index is 0.462. The van der Waals surface area contributed by atoms with Gasteiger partial charge in [0, 0.05) is 13.1 Å². The summed E-state index contributed by atoms with van der Waals surface area (Å²) in [5, 5.41) is 3.06. The zero-order valence-corrected chi connectivity index (χ0v) is 10.8. The van der Waals surface area contributed by atoms with Crippen LogP contribution in [0.1, 0.15) is 40.0 Å². The molecule has 0 aromatic heterocycles. The Morgan fingerprint density at radius 1 is 1.50 bits per heavy atom. The molecule has 0 radical (unpaired) electrons. The summed E-state index contributed by atoms with van der Waals surface area (Å²) in [6.07, 6.45) is 3.88. The highest BCUT2D eigenvalue weighted by molar-refractivity contribution is 5.78. The van der Waals surface area contributed by atoms with E-state index >= 15 is 0 Å². The van der Waals surface area contributed by atoms with Crippen molar-refractivity contribution in [2.75, 3.05) is 13.1 Å². The number of nitrogens with zero attached hydrogens (tertiary/aromatic N) is 1. The van der Waals surface area contributed by atoms with Gasteiger partial charge in [-0.1, -0.05) is 26.0 Å². The minimum atomic E-state index is 0.462. The number of aliphatic imine (C=N–C) groups is 1. The summed E-state index contributed by atoms with van der Waals surface area (Å²) in [6, 6.07) is 0. The van der Waals surface area contributed by atoms with E-state index < -0.39 is 0 Å². The third-order valence-corrected chi connectivity index (χ3v) is 2.95. The Bertz CT molecular complexity index is 275. The third kappa shape index (κ3) is 4.69. The highest BCUT2D eigenvalue weighted by Crippen LogP contribution is 2.50. The molecule has 0 saturated heterocycles. The van der Waals surface area contributed by atoms with Crippen LogP contribution in [-0.2, 0) is 0 Å². The van der Waals surface area contributed by atoms with Gasteiger partial charge in [0.05, 0.1) is 0 Å². The van der Waals surface area contributed by atoms with Gasteiger partial charge in [-0.05, 0) is 37.5 Å². The second-order valence-electron chi connectivity index (χ2n) is 5.61. The molecular formula is C13H25N3. The van der Waals surface area contributed by atoms with Crippen molar-refractivity contribution in [1.82, 2.24) is 5.32 Å². The lowest BCUT2D eigenvalue weighted by atomic mass is 9.94. The quantitative estimate of drug-likeness (QED) is 0.412. The molecule has 0 atom stereocenters. The van der Waals surface area contributed by atoms with Crippen LogP contribution in [-0.4, -0.2) is 19.0 Å². The zero-order valence-electron chi connectivity index (χ0n) is 10.8. The van der Waals surface area contributed by atoms with E-state index in [0.717, 1.165) is 18.0 Å². The number of nitrogens with two attached hydrogens (primary N) is 1. The summed E-state index contributed by atoms with van der Waals surface area (Å²) >= 11 is 0. The smallest absolute Gasteiger partial charge is 0.188 e. The average molecular weight is 223 g/mol. The largest absolute Gasteiger partial charge is 0.370 e. The van der Waals surface area contributed by atoms with Gasteiger partial charge in [0.2, 0.25) is 0 Å². The van der Waals surface area contributed by atoms with Gasteiger partial charge < -0.3 is 11.1 Å². The van der Waals surface area contributed by atoms with Crippen molar-refractivity contribution in [1.29, 1.82) is 0 Å². The van der Waals surface area contributed by atoms with Gasteiger partial charge in [-0.2, -0.15) is 0 Å². The van der Waals surface area contributed by atoms with Crippen LogP contribution in [0.4, 0.5) is 0 Å². The normalized spacial score (nSPS) is 18.6. The molecule has 1 fully saturated rings. The molecule has 0 bridgehead atoms. The van der Waals surface area contributed by atoms with E-state index in [2.05, 4.69) is 30.7 Å². The Labute approximate surface area is 99.2 Å². The lowest BCUT2D eigenvalue weighted by molar-refractivity contribution is 0.398. The lowest BCUT2D eigenvalue weighted by Gasteiger charge is -2.15. The first kappa shape index (κ1) is 13.1. The van der Waals surface area contributed by atoms with E-state index in [-0.39, 0.29) is 0 Å². The van der Waals surface area contributed by atoms with E-state index in [1.54, 1.807) is 0 Å². The van der Waals surface area contributed by atoms with E-state index in [1.165, 1.54) is 19.3 Å². The van der Waals surface area contributed by atoms with Crippen molar-refractivity contribution in [2.24, 2.45) is 22.1 Å². The van der Waals surface area contributed by atoms with E-state index in [0.29, 0.717) is 17.9 Å². The first-order chi connectivity index (χ1) is 7.43. The fourth-order valence-electron chi connectivity index (χ4n) is 2.02. The van der Waals surface area contributed by atoms with Gasteiger partial charge in [0.1, 0.15) is 0 Å². The summed E-state index contributed by atoms with van der Waals surface area (Å²) in [5.41, 5.74) is 7.32. The van der Waals surface area contributed by atoms with Gasteiger partial charge in [-0.3, -0.25) is 4.99 Å². The van der Waals surface area contributed by atoms with Crippen LogP contribution in [0.2, 0.25) is 0 Å². The predicted octanol–water partition coefficient (Wildman–Crippen LogP) is 2.29. The summed E-state index contributed by atoms with van der Waals surface area (Å²) < 4.78 is 0. The molecule has 0 aromatic carbocycles. The number of hydrogen-bond donors (Lipinski definition) is 2. The number of hydrogen-bond acceptors (Lipinski definition) is 1. The van der Waals surface area contributed by atoms with Crippen molar-refractivity contribution in [3.8, 4) is 0 Å². The highest BCUT2D eigenvalue weighted by Gasteiger charge is 2.42. The van der Waals surface area contributed by atoms with Crippen LogP contribution in [0.25, 0.3) is 0 Å². The van der Waals surface area contributed by atoms with E-state index in [9.17, 15) is 0 Å². The van der Waals surface area contributed by atoms with Crippen molar-refractivity contribution in [3.05, 3.63) is 12.2 Å². The van der Waals surface area contributed by atoms with E-state index in [1.807, 2.05) is 6.92 Å². The van der Waals surface area contributed by atoms with Crippen LogP contribution in [0.3, 0.4) is 0 Å². The van der Waals surface area contributed by atoms with Crippen molar-refractivity contribution in [2.45, 2.75) is 40.0 Å². The van der Waals surface area contributed by atoms with Gasteiger partial charge in [-0.15, -0.1) is 0 Å². The SMILES string of the molecule is C=C(C)CNC(N)=NCC1(CC(C)C)CC1. The monoisotopic (exact) mass is 223 g/mol. The van der Waals surface area contributed by atoms with Gasteiger partial charge in [0.25, 0.3) is 0 Å². The van der Waals surface area contributed by atoms with Gasteiger partial charge in [0.15, 0.2) is 5.96 Å². The second-order valence-corrected chi connectivity index (χ2v) is 5.61. The third-order valence-electron chi connectivity index (χ3n) is 2.95. The number of guanidine groups is 1. The summed E-state index contributed by atoms with van der Waals surface area (Å²) in [6.45, 7) is 11.9. The highest BCUT2D eigenvalue weighted by atomic mass is 15.1. The molecule has 0 spiro atoms. The molecule has 3 N–H and O–H groups in total. The molecule has 92 valence electrons. The molecule has 0 heterocycles. The van der Waals surface area contributed by atoms with Crippen LogP contribution in [0.15, 0.2) is 17.1 Å². The molecule has 0 amide bonds. The topological polar surface area (TPSA) is 50.4 Å². The van der Waals surface area contributed by atoms with Crippen LogP contribution >= 0.6 is 0 Å². The molecule has 1 aliphatic rings. The van der Waals surface area contributed by atoms with Crippen molar-refractivity contribution in [3.63, 3.8) is 0 Å². The number of rotatable bonds is 6. The standard InChI is InChI=1S/C13H25N3/c1-10(2)7-13(5-6-13)9-16-12(14)15-8-11(3)4/h10H,3,5-9H2,1-2,4H3,(H3,14,15,16). The molecule has 1 rings (SSSR count). The van der Waals surface area contributed by atoms with Gasteiger partial charge >= 0.3 is 0 Å². The number of nitrogens with one attached hydrogen (secondary N) is 1. The second kappa shape index (κ2) is 5.37. The first-order valence-corrected chi connectivity index (χ1v) is 6.12. The molecule has 0 aliphatic heterocycles. The molecule has 0 unspecified atom stereocenters. The molecule has 16 heavy (non-hydrogen) atoms. The first-order valence-electron chi connectivity index (χ1n) is 6.12. The molecule has 1 saturated carbocycles. The maximum absolute atomic E-state index is 5.79. The fourth-order valence-corrected chi connectivity index (χ4v) is 2.02. The molecular weight excluding hydrogens is 198 g/mol. The Balaban J connectivity index is 2.31. The Morgan fingerprint density at radius 2 is 2.12 bits per heavy atom. The maximum atomic E-state index is 5.79. The Morgan fingerprint density at radius 3 is 2.56 bits per heavy atom. The predicted molar refractivity (Wildman–Crippen MR) is 70.4 cm³/mol. The van der Waals surface area contributed by atoms with Crippen molar-refractivity contribution < 1.29 is 0 Å². The summed E-state index contributed by atoms with van der Waals surface area (Å²) in [5.74, 6) is 1.31. The fraction of sp³-hybridized carbons (Fsp3) is 0.769. The Kier molecular flexibility index (Phi) is 4.39. The summed E-state index contributed by atoms with van der Waals surface area (Å²) in [7, 11) is 0. The minimum Gasteiger partial charge on any atom is -0.370 e. The molecule has 3 heteroatoms. The molecule has 1 aliphatic carbocycles. The summed E-state index contributed by atoms with van der Waals surface area (Å²) in [4.78, 5) is 4.43. The molecule has 3 nitrogen and oxygen atoms in total. The lowest BCUT2D eigenvalue weighted by Crippen LogP contribution is -2.33. The zero-order chi connectivity index (χ0) is 12.2. The van der Waals surface area contributed by atoms with Crippen molar-refractivity contribution >= 4 is 5.96 Å². The maximum Gasteiger partial charge on any atom is 0.188 e. The van der Waals surface area contributed by atoms with Crippen LogP contribution in [0, 0.1) is 11.3 Å². The molecule has 0 aromatic rings. The van der Waals surface area contributed by atoms with Gasteiger partial charge in [-0.25, -0.2) is 0 Å².